The van der Waals surface area contributed by atoms with Crippen LogP contribution in [0.25, 0.3) is 5.57 Å². The summed E-state index contributed by atoms with van der Waals surface area (Å²) in [4.78, 5) is 30.3. The minimum Gasteiger partial charge on any atom is -0.365 e. The van der Waals surface area contributed by atoms with Crippen molar-refractivity contribution in [1.29, 1.82) is 0 Å². The molecule has 0 spiro atoms. The number of aryl methyl sites for hydroxylation is 3. The first kappa shape index (κ1) is 20.6. The lowest BCUT2D eigenvalue weighted by atomic mass is 9.99. The summed E-state index contributed by atoms with van der Waals surface area (Å²) in [6.07, 6.45) is 0. The molecule has 1 heterocycles. The van der Waals surface area contributed by atoms with Crippen LogP contribution in [0.15, 0.2) is 78.5 Å². The fraction of sp³-hybridized carbons (Fsp3) is 0.185. The SMILES string of the molecule is Cc1ccc(N2C(=O)C(c3ccc(C)c(C)c3)=C(N(C)Cc3ccccc3)C2=O)cc1. The maximum Gasteiger partial charge on any atom is 0.282 e. The van der Waals surface area contributed by atoms with Crippen molar-refractivity contribution in [2.45, 2.75) is 27.3 Å². The molecule has 1 aliphatic rings. The van der Waals surface area contributed by atoms with Gasteiger partial charge in [0.25, 0.3) is 11.8 Å². The van der Waals surface area contributed by atoms with Gasteiger partial charge in [0.05, 0.1) is 11.3 Å². The van der Waals surface area contributed by atoms with E-state index in [1.165, 1.54) is 4.90 Å². The molecule has 4 nitrogen and oxygen atoms in total. The van der Waals surface area contributed by atoms with Crippen molar-refractivity contribution in [1.82, 2.24) is 4.90 Å². The number of carbonyl (C=O) groups excluding carboxylic acids is 2. The molecule has 0 saturated carbocycles. The van der Waals surface area contributed by atoms with Gasteiger partial charge in [0, 0.05) is 13.6 Å². The zero-order valence-electron chi connectivity index (χ0n) is 18.3. The van der Waals surface area contributed by atoms with Gasteiger partial charge in [-0.05, 0) is 55.2 Å². The Morgan fingerprint density at radius 2 is 1.45 bits per heavy atom. The molecule has 1 aliphatic heterocycles. The van der Waals surface area contributed by atoms with Gasteiger partial charge in [-0.2, -0.15) is 0 Å². The van der Waals surface area contributed by atoms with Crippen molar-refractivity contribution in [2.75, 3.05) is 11.9 Å². The Morgan fingerprint density at radius 3 is 2.10 bits per heavy atom. The van der Waals surface area contributed by atoms with E-state index in [0.717, 1.165) is 27.8 Å². The van der Waals surface area contributed by atoms with E-state index in [9.17, 15) is 9.59 Å². The van der Waals surface area contributed by atoms with E-state index < -0.39 is 0 Å². The van der Waals surface area contributed by atoms with Gasteiger partial charge >= 0.3 is 0 Å². The summed E-state index contributed by atoms with van der Waals surface area (Å²) in [6, 6.07) is 23.3. The summed E-state index contributed by atoms with van der Waals surface area (Å²) in [5.41, 5.74) is 6.62. The first-order valence-corrected chi connectivity index (χ1v) is 10.4. The average molecular weight is 411 g/mol. The summed E-state index contributed by atoms with van der Waals surface area (Å²) < 4.78 is 0. The second kappa shape index (κ2) is 8.23. The Labute approximate surface area is 183 Å². The van der Waals surface area contributed by atoms with Crippen molar-refractivity contribution >= 4 is 23.1 Å². The Bertz CT molecular complexity index is 1180. The second-order valence-corrected chi connectivity index (χ2v) is 8.15. The molecule has 0 unspecified atom stereocenters. The molecule has 4 rings (SSSR count). The molecule has 0 aliphatic carbocycles. The molecule has 0 fully saturated rings. The third-order valence-electron chi connectivity index (χ3n) is 5.79. The standard InChI is InChI=1S/C27H26N2O2/c1-18-10-14-23(15-11-18)29-26(30)24(22-13-12-19(2)20(3)16-22)25(27(29)31)28(4)17-21-8-6-5-7-9-21/h5-16H,17H2,1-4H3. The summed E-state index contributed by atoms with van der Waals surface area (Å²) in [7, 11) is 1.87. The summed E-state index contributed by atoms with van der Waals surface area (Å²) in [5.74, 6) is -0.576. The first-order valence-electron chi connectivity index (χ1n) is 10.4. The number of hydrogen-bond donors (Lipinski definition) is 0. The van der Waals surface area contributed by atoms with Crippen LogP contribution in [-0.2, 0) is 16.1 Å². The minimum absolute atomic E-state index is 0.285. The van der Waals surface area contributed by atoms with E-state index in [1.807, 2.05) is 106 Å². The summed E-state index contributed by atoms with van der Waals surface area (Å²) >= 11 is 0. The van der Waals surface area contributed by atoms with Crippen LogP contribution in [0.4, 0.5) is 5.69 Å². The number of likely N-dealkylation sites (N-methyl/N-ethyl adjacent to an activating group) is 1. The van der Waals surface area contributed by atoms with Gasteiger partial charge in [-0.15, -0.1) is 0 Å². The fourth-order valence-electron chi connectivity index (χ4n) is 3.89. The number of benzene rings is 3. The molecule has 2 amide bonds. The van der Waals surface area contributed by atoms with E-state index in [0.29, 0.717) is 23.5 Å². The number of rotatable bonds is 5. The predicted octanol–water partition coefficient (Wildman–Crippen LogP) is 5.03. The van der Waals surface area contributed by atoms with Crippen LogP contribution in [-0.4, -0.2) is 23.8 Å². The third-order valence-corrected chi connectivity index (χ3v) is 5.79. The van der Waals surface area contributed by atoms with Crippen molar-refractivity contribution in [2.24, 2.45) is 0 Å². The van der Waals surface area contributed by atoms with Crippen molar-refractivity contribution < 1.29 is 9.59 Å². The number of carbonyl (C=O) groups is 2. The largest absolute Gasteiger partial charge is 0.365 e. The molecule has 31 heavy (non-hydrogen) atoms. The van der Waals surface area contributed by atoms with Crippen LogP contribution >= 0.6 is 0 Å². The molecule has 4 heteroatoms. The monoisotopic (exact) mass is 410 g/mol. The predicted molar refractivity (Wildman–Crippen MR) is 124 cm³/mol. The Balaban J connectivity index is 1.82. The Kier molecular flexibility index (Phi) is 5.47. The van der Waals surface area contributed by atoms with E-state index in [1.54, 1.807) is 0 Å². The summed E-state index contributed by atoms with van der Waals surface area (Å²) in [5, 5.41) is 0. The zero-order valence-corrected chi connectivity index (χ0v) is 18.3. The fourth-order valence-corrected chi connectivity index (χ4v) is 3.89. The molecular formula is C27H26N2O2. The van der Waals surface area contributed by atoms with E-state index in [-0.39, 0.29) is 11.8 Å². The highest BCUT2D eigenvalue weighted by atomic mass is 16.2. The molecule has 156 valence electrons. The normalized spacial score (nSPS) is 13.9. The highest BCUT2D eigenvalue weighted by Gasteiger charge is 2.41. The van der Waals surface area contributed by atoms with E-state index >= 15 is 0 Å². The summed E-state index contributed by atoms with van der Waals surface area (Å²) in [6.45, 7) is 6.57. The van der Waals surface area contributed by atoms with Gasteiger partial charge in [0.2, 0.25) is 0 Å². The lowest BCUT2D eigenvalue weighted by Gasteiger charge is -2.21. The van der Waals surface area contributed by atoms with Crippen molar-refractivity contribution in [3.8, 4) is 0 Å². The Morgan fingerprint density at radius 1 is 0.774 bits per heavy atom. The maximum absolute atomic E-state index is 13.6. The molecule has 0 aromatic heterocycles. The van der Waals surface area contributed by atoms with Crippen LogP contribution in [0.2, 0.25) is 0 Å². The quantitative estimate of drug-likeness (QED) is 0.554. The van der Waals surface area contributed by atoms with Crippen LogP contribution < -0.4 is 4.90 Å². The van der Waals surface area contributed by atoms with Gasteiger partial charge in [-0.25, -0.2) is 4.90 Å². The highest BCUT2D eigenvalue weighted by Crippen LogP contribution is 2.35. The van der Waals surface area contributed by atoms with Crippen molar-refractivity contribution in [3.05, 3.63) is 106 Å². The molecule has 0 atom stereocenters. The van der Waals surface area contributed by atoms with Gasteiger partial charge in [-0.3, -0.25) is 9.59 Å². The van der Waals surface area contributed by atoms with Gasteiger partial charge in [-0.1, -0.05) is 66.2 Å². The lowest BCUT2D eigenvalue weighted by molar-refractivity contribution is -0.120. The topological polar surface area (TPSA) is 40.6 Å². The number of amides is 2. The smallest absolute Gasteiger partial charge is 0.282 e. The minimum atomic E-state index is -0.291. The molecule has 3 aromatic carbocycles. The van der Waals surface area contributed by atoms with E-state index in [4.69, 9.17) is 0 Å². The van der Waals surface area contributed by atoms with Crippen LogP contribution in [0, 0.1) is 20.8 Å². The molecule has 3 aromatic rings. The zero-order chi connectivity index (χ0) is 22.1. The third kappa shape index (κ3) is 3.89. The number of nitrogens with zero attached hydrogens (tertiary/aromatic N) is 2. The van der Waals surface area contributed by atoms with Gasteiger partial charge in [0.1, 0.15) is 5.70 Å². The highest BCUT2D eigenvalue weighted by molar-refractivity contribution is 6.45. The van der Waals surface area contributed by atoms with Crippen molar-refractivity contribution in [3.63, 3.8) is 0 Å². The second-order valence-electron chi connectivity index (χ2n) is 8.15. The van der Waals surface area contributed by atoms with Crippen LogP contribution in [0.1, 0.15) is 27.8 Å². The molecule has 0 radical (unpaired) electrons. The number of anilines is 1. The van der Waals surface area contributed by atoms with Gasteiger partial charge in [0.15, 0.2) is 0 Å². The lowest BCUT2D eigenvalue weighted by Crippen LogP contribution is -2.34. The number of hydrogen-bond acceptors (Lipinski definition) is 3. The first-order chi connectivity index (χ1) is 14.9. The Hall–Kier alpha value is -3.66. The molecule has 0 saturated heterocycles. The van der Waals surface area contributed by atoms with Gasteiger partial charge < -0.3 is 4.90 Å². The average Bonchev–Trinajstić information content (AvgIpc) is 3.02. The number of imide groups is 1. The molecular weight excluding hydrogens is 384 g/mol. The molecule has 0 N–H and O–H groups in total. The molecule has 0 bridgehead atoms. The maximum atomic E-state index is 13.6. The van der Waals surface area contributed by atoms with E-state index in [2.05, 4.69) is 0 Å². The van der Waals surface area contributed by atoms with Crippen LogP contribution in [0.3, 0.4) is 0 Å². The van der Waals surface area contributed by atoms with Crippen LogP contribution in [0.5, 0.6) is 0 Å².